The van der Waals surface area contributed by atoms with Gasteiger partial charge >= 0.3 is 19.8 Å². The molecule has 0 bridgehead atoms. The Labute approximate surface area is 344 Å². The van der Waals surface area contributed by atoms with Gasteiger partial charge < -0.3 is 34.8 Å². The highest BCUT2D eigenvalue weighted by atomic mass is 31.2. The van der Waals surface area contributed by atoms with Crippen molar-refractivity contribution in [2.24, 2.45) is 5.92 Å². The van der Waals surface area contributed by atoms with Crippen LogP contribution in [0.3, 0.4) is 0 Å². The van der Waals surface area contributed by atoms with Crippen molar-refractivity contribution in [1.29, 1.82) is 0 Å². The molecule has 0 aliphatic rings. The van der Waals surface area contributed by atoms with Gasteiger partial charge in [-0.3, -0.25) is 18.6 Å². The van der Waals surface area contributed by atoms with Crippen LogP contribution in [0.5, 0.6) is 0 Å². The number of aliphatic hydroxyl groups is 4. The lowest BCUT2D eigenvalue weighted by Crippen LogP contribution is -2.30. The molecule has 0 rings (SSSR count). The van der Waals surface area contributed by atoms with Gasteiger partial charge in [0.2, 0.25) is 0 Å². The number of phosphoric ester groups is 1. The maximum absolute atomic E-state index is 12.6. The molecule has 0 aliphatic carbocycles. The Morgan fingerprint density at radius 1 is 0.614 bits per heavy atom. The van der Waals surface area contributed by atoms with Crippen molar-refractivity contribution in [3.05, 3.63) is 48.6 Å². The Kier molecular flexibility index (Phi) is 36.6. The second-order valence-electron chi connectivity index (χ2n) is 15.3. The van der Waals surface area contributed by atoms with Gasteiger partial charge in [-0.25, -0.2) is 4.57 Å². The van der Waals surface area contributed by atoms with Crippen LogP contribution in [0.1, 0.15) is 162 Å². The van der Waals surface area contributed by atoms with Crippen molar-refractivity contribution in [3.63, 3.8) is 0 Å². The molecule has 13 heteroatoms. The number of hydrogen-bond acceptors (Lipinski definition) is 11. The third-order valence-electron chi connectivity index (χ3n) is 9.12. The second kappa shape index (κ2) is 38.1. The third-order valence-corrected chi connectivity index (χ3v) is 10.1. The van der Waals surface area contributed by atoms with Crippen molar-refractivity contribution in [3.8, 4) is 0 Å². The highest BCUT2D eigenvalue weighted by Gasteiger charge is 2.27. The number of ether oxygens (including phenoxy) is 2. The summed E-state index contributed by atoms with van der Waals surface area (Å²) in [7, 11) is -4.68. The predicted molar refractivity (Wildman–Crippen MR) is 226 cm³/mol. The average molecular weight is 831 g/mol. The van der Waals surface area contributed by atoms with Gasteiger partial charge in [-0.2, -0.15) is 0 Å². The topological polar surface area (TPSA) is 189 Å². The Morgan fingerprint density at radius 3 is 1.65 bits per heavy atom. The summed E-state index contributed by atoms with van der Waals surface area (Å²) in [5, 5.41) is 38.5. The van der Waals surface area contributed by atoms with Crippen LogP contribution in [-0.4, -0.2) is 88.1 Å². The molecule has 0 aliphatic heterocycles. The van der Waals surface area contributed by atoms with Gasteiger partial charge in [0.25, 0.3) is 0 Å². The fourth-order valence-electron chi connectivity index (χ4n) is 5.69. The van der Waals surface area contributed by atoms with E-state index in [-0.39, 0.29) is 19.3 Å². The summed E-state index contributed by atoms with van der Waals surface area (Å²) in [6.07, 6.45) is 31.5. The van der Waals surface area contributed by atoms with E-state index in [2.05, 4.69) is 25.3 Å². The van der Waals surface area contributed by atoms with Gasteiger partial charge in [0.1, 0.15) is 12.7 Å². The number of rotatable bonds is 39. The number of phosphoric acid groups is 1. The zero-order valence-electron chi connectivity index (χ0n) is 35.4. The van der Waals surface area contributed by atoms with Gasteiger partial charge in [0.05, 0.1) is 32.0 Å². The predicted octanol–water partition coefficient (Wildman–Crippen LogP) is 9.13. The molecule has 0 amide bonds. The molecule has 5 N–H and O–H groups in total. The maximum Gasteiger partial charge on any atom is 0.472 e. The number of hydrogen-bond donors (Lipinski definition) is 5. The first kappa shape index (κ1) is 54.9. The van der Waals surface area contributed by atoms with E-state index in [0.717, 1.165) is 50.9 Å². The average Bonchev–Trinajstić information content (AvgIpc) is 3.17. The summed E-state index contributed by atoms with van der Waals surface area (Å²) < 4.78 is 32.5. The lowest BCUT2D eigenvalue weighted by molar-refractivity contribution is -0.161. The molecule has 12 nitrogen and oxygen atoms in total. The molecule has 0 spiro atoms. The largest absolute Gasteiger partial charge is 0.472 e. The molecule has 332 valence electrons. The van der Waals surface area contributed by atoms with Crippen LogP contribution in [0.15, 0.2) is 48.6 Å². The van der Waals surface area contributed by atoms with Crippen LogP contribution < -0.4 is 0 Å². The van der Waals surface area contributed by atoms with Gasteiger partial charge in [0.15, 0.2) is 6.10 Å². The number of esters is 2. The van der Waals surface area contributed by atoms with Crippen LogP contribution in [0.25, 0.3) is 0 Å². The quantitative estimate of drug-likeness (QED) is 0.0171. The zero-order valence-corrected chi connectivity index (χ0v) is 36.3. The van der Waals surface area contributed by atoms with E-state index in [0.29, 0.717) is 19.3 Å². The molecular formula is C44H79O12P. The van der Waals surface area contributed by atoms with E-state index in [9.17, 15) is 34.4 Å². The molecule has 0 saturated carbocycles. The fourth-order valence-corrected chi connectivity index (χ4v) is 6.48. The number of carbonyl (C=O) groups excluding carboxylic acids is 2. The normalized spacial score (nSPS) is 15.5. The first-order valence-electron chi connectivity index (χ1n) is 21.7. The summed E-state index contributed by atoms with van der Waals surface area (Å²) >= 11 is 0. The highest BCUT2D eigenvalue weighted by Crippen LogP contribution is 2.43. The molecule has 5 atom stereocenters. The van der Waals surface area contributed by atoms with E-state index >= 15 is 0 Å². The lowest BCUT2D eigenvalue weighted by Gasteiger charge is -2.20. The van der Waals surface area contributed by atoms with Crippen LogP contribution >= 0.6 is 7.82 Å². The highest BCUT2D eigenvalue weighted by molar-refractivity contribution is 7.47. The number of allylic oxidation sites excluding steroid dienone is 6. The third kappa shape index (κ3) is 39.1. The molecular weight excluding hydrogens is 751 g/mol. The van der Waals surface area contributed by atoms with E-state index in [1.165, 1.54) is 57.8 Å². The molecule has 0 heterocycles. The summed E-state index contributed by atoms with van der Waals surface area (Å²) in [5.74, 6) is -0.357. The Hall–Kier alpha value is -2.15. The van der Waals surface area contributed by atoms with Crippen molar-refractivity contribution in [2.75, 3.05) is 26.4 Å². The standard InChI is InChI=1S/C44H79O12P/c1-4-5-21-28-39(46)29-23-18-14-12-15-19-24-30-40(47)31-26-33-44(50)56-42(37-55-57(51,52)54-35-41(48)34-45)36-53-43(49)32-25-20-16-11-9-7-6-8-10-13-17-22-27-38(2)3/h14-15,18-19,23-24,29-30,38-42,45-48H,4-13,16-17,20-22,25-28,31-37H2,1-3H3,(H,51,52)/b18-14-,19-15-,29-23+,30-24+/t39-,40-,41+,42-/m1/s1. The molecule has 0 fully saturated rings. The fraction of sp³-hybridized carbons (Fsp3) is 0.773. The first-order valence-corrected chi connectivity index (χ1v) is 23.2. The van der Waals surface area contributed by atoms with E-state index in [1.807, 2.05) is 30.4 Å². The Balaban J connectivity index is 4.55. The Morgan fingerprint density at radius 2 is 1.11 bits per heavy atom. The minimum atomic E-state index is -4.68. The number of unbranched alkanes of at least 4 members (excludes halogenated alkanes) is 13. The number of aliphatic hydroxyl groups excluding tert-OH is 4. The van der Waals surface area contributed by atoms with Crippen LogP contribution in [0, 0.1) is 5.92 Å². The summed E-state index contributed by atoms with van der Waals surface area (Å²) in [6, 6.07) is 0. The minimum absolute atomic E-state index is 0.0643. The van der Waals surface area contributed by atoms with Crippen LogP contribution in [0.2, 0.25) is 0 Å². The minimum Gasteiger partial charge on any atom is -0.462 e. The van der Waals surface area contributed by atoms with E-state index in [4.69, 9.17) is 19.1 Å². The van der Waals surface area contributed by atoms with Crippen molar-refractivity contribution in [2.45, 2.75) is 186 Å². The van der Waals surface area contributed by atoms with E-state index in [1.54, 1.807) is 18.2 Å². The SMILES string of the molecule is CCCCC[C@@H](O)/C=C/C=C\C/C=C\C=C\[C@@H](O)CCCC(=O)O[C@H](COC(=O)CCCCCCCCCCCCCCC(C)C)COP(=O)(O)OC[C@@H](O)CO. The number of carbonyl (C=O) groups is 2. The maximum atomic E-state index is 12.6. The van der Waals surface area contributed by atoms with Crippen LogP contribution in [-0.2, 0) is 32.7 Å². The molecule has 0 saturated heterocycles. The molecule has 0 aromatic carbocycles. The van der Waals surface area contributed by atoms with Crippen LogP contribution in [0.4, 0.5) is 0 Å². The lowest BCUT2D eigenvalue weighted by atomic mass is 10.0. The summed E-state index contributed by atoms with van der Waals surface area (Å²) in [4.78, 5) is 35.0. The van der Waals surface area contributed by atoms with E-state index < -0.39 is 70.6 Å². The smallest absolute Gasteiger partial charge is 0.462 e. The van der Waals surface area contributed by atoms with Crippen molar-refractivity contribution in [1.82, 2.24) is 0 Å². The zero-order chi connectivity index (χ0) is 42.4. The summed E-state index contributed by atoms with van der Waals surface area (Å²) in [5.41, 5.74) is 0. The first-order chi connectivity index (χ1) is 27.4. The molecule has 0 aromatic rings. The van der Waals surface area contributed by atoms with Crippen molar-refractivity contribution < 1.29 is 58.0 Å². The van der Waals surface area contributed by atoms with Crippen molar-refractivity contribution >= 4 is 19.8 Å². The van der Waals surface area contributed by atoms with Gasteiger partial charge in [-0.1, -0.05) is 166 Å². The molecule has 0 radical (unpaired) electrons. The Bertz CT molecular complexity index is 1140. The van der Waals surface area contributed by atoms with Gasteiger partial charge in [-0.05, 0) is 38.0 Å². The molecule has 1 unspecified atom stereocenters. The van der Waals surface area contributed by atoms with Gasteiger partial charge in [0, 0.05) is 12.8 Å². The molecule has 57 heavy (non-hydrogen) atoms. The second-order valence-corrected chi connectivity index (χ2v) is 16.7. The molecule has 0 aromatic heterocycles. The monoisotopic (exact) mass is 831 g/mol. The summed E-state index contributed by atoms with van der Waals surface area (Å²) in [6.45, 7) is 4.33. The van der Waals surface area contributed by atoms with Gasteiger partial charge in [-0.15, -0.1) is 0 Å².